The van der Waals surface area contributed by atoms with E-state index in [1.807, 2.05) is 61.5 Å². The van der Waals surface area contributed by atoms with Crippen LogP contribution in [0.3, 0.4) is 0 Å². The summed E-state index contributed by atoms with van der Waals surface area (Å²) < 4.78 is 16.7. The first-order chi connectivity index (χ1) is 16.1. The van der Waals surface area contributed by atoms with E-state index in [0.717, 1.165) is 11.1 Å². The summed E-state index contributed by atoms with van der Waals surface area (Å²) in [4.78, 5) is 16.8. The topological polar surface area (TPSA) is 57.1 Å². The second-order valence-electron chi connectivity index (χ2n) is 7.14. The maximum Gasteiger partial charge on any atom is 0.363 e. The molecule has 1 heterocycles. The van der Waals surface area contributed by atoms with Gasteiger partial charge in [0.25, 0.3) is 0 Å². The molecule has 0 aromatic heterocycles. The SMILES string of the molecule is C=CCOc1c(Cl)cc(/C=C2\N=C(c3ccc(-c4ccccc4)cc3)OC2=O)cc1OCC. The Bertz CT molecular complexity index is 1230. The van der Waals surface area contributed by atoms with Crippen LogP contribution in [0.25, 0.3) is 17.2 Å². The number of ether oxygens (including phenoxy) is 3. The fourth-order valence-corrected chi connectivity index (χ4v) is 3.62. The van der Waals surface area contributed by atoms with E-state index in [1.54, 1.807) is 24.3 Å². The molecule has 33 heavy (non-hydrogen) atoms. The van der Waals surface area contributed by atoms with E-state index < -0.39 is 5.97 Å². The largest absolute Gasteiger partial charge is 0.490 e. The van der Waals surface area contributed by atoms with Crippen molar-refractivity contribution in [2.45, 2.75) is 6.92 Å². The van der Waals surface area contributed by atoms with Gasteiger partial charge in [0.05, 0.1) is 11.6 Å². The lowest BCUT2D eigenvalue weighted by Crippen LogP contribution is -2.05. The molecule has 0 saturated heterocycles. The number of halogens is 1. The number of hydrogen-bond acceptors (Lipinski definition) is 5. The lowest BCUT2D eigenvalue weighted by molar-refractivity contribution is -0.129. The maximum absolute atomic E-state index is 12.4. The van der Waals surface area contributed by atoms with Gasteiger partial charge in [0.2, 0.25) is 5.90 Å². The smallest absolute Gasteiger partial charge is 0.363 e. The van der Waals surface area contributed by atoms with Crippen LogP contribution >= 0.6 is 11.6 Å². The van der Waals surface area contributed by atoms with Gasteiger partial charge in [0, 0.05) is 5.56 Å². The van der Waals surface area contributed by atoms with E-state index in [0.29, 0.717) is 40.9 Å². The van der Waals surface area contributed by atoms with Gasteiger partial charge in [-0.25, -0.2) is 9.79 Å². The number of carbonyl (C=O) groups is 1. The van der Waals surface area contributed by atoms with Crippen molar-refractivity contribution in [2.24, 2.45) is 4.99 Å². The molecular formula is C27H22ClNO4. The van der Waals surface area contributed by atoms with E-state index in [9.17, 15) is 4.79 Å². The summed E-state index contributed by atoms with van der Waals surface area (Å²) in [5.41, 5.74) is 3.71. The minimum absolute atomic E-state index is 0.176. The lowest BCUT2D eigenvalue weighted by atomic mass is 10.0. The van der Waals surface area contributed by atoms with Crippen LogP contribution < -0.4 is 9.47 Å². The second-order valence-corrected chi connectivity index (χ2v) is 7.55. The minimum atomic E-state index is -0.529. The molecule has 0 saturated carbocycles. The van der Waals surface area contributed by atoms with E-state index in [4.69, 9.17) is 25.8 Å². The van der Waals surface area contributed by atoms with Gasteiger partial charge in [-0.1, -0.05) is 66.7 Å². The van der Waals surface area contributed by atoms with Gasteiger partial charge in [-0.15, -0.1) is 0 Å². The van der Waals surface area contributed by atoms with Crippen molar-refractivity contribution < 1.29 is 19.0 Å². The molecular weight excluding hydrogens is 438 g/mol. The summed E-state index contributed by atoms with van der Waals surface area (Å²) >= 11 is 6.40. The second kappa shape index (κ2) is 10.2. The Labute approximate surface area is 197 Å². The molecule has 0 aliphatic carbocycles. The molecule has 1 aliphatic heterocycles. The lowest BCUT2D eigenvalue weighted by Gasteiger charge is -2.13. The third-order valence-corrected chi connectivity index (χ3v) is 5.12. The Balaban J connectivity index is 1.61. The predicted molar refractivity (Wildman–Crippen MR) is 131 cm³/mol. The van der Waals surface area contributed by atoms with E-state index in [1.165, 1.54) is 0 Å². The van der Waals surface area contributed by atoms with Gasteiger partial charge in [-0.2, -0.15) is 0 Å². The average molecular weight is 460 g/mol. The van der Waals surface area contributed by atoms with Crippen LogP contribution in [-0.2, 0) is 9.53 Å². The molecule has 4 rings (SSSR count). The Hall–Kier alpha value is -3.83. The molecule has 0 N–H and O–H groups in total. The highest BCUT2D eigenvalue weighted by atomic mass is 35.5. The Morgan fingerprint density at radius 1 is 1.00 bits per heavy atom. The number of rotatable bonds is 8. The molecule has 3 aromatic carbocycles. The van der Waals surface area contributed by atoms with Crippen LogP contribution in [0.4, 0.5) is 0 Å². The van der Waals surface area contributed by atoms with E-state index >= 15 is 0 Å². The molecule has 0 fully saturated rings. The van der Waals surface area contributed by atoms with Crippen molar-refractivity contribution in [3.05, 3.63) is 101 Å². The molecule has 3 aromatic rings. The number of carbonyl (C=O) groups excluding carboxylic acids is 1. The minimum Gasteiger partial charge on any atom is -0.490 e. The molecule has 0 atom stereocenters. The third-order valence-electron chi connectivity index (χ3n) is 4.84. The molecule has 0 unspecified atom stereocenters. The van der Waals surface area contributed by atoms with Gasteiger partial charge in [-0.3, -0.25) is 0 Å². The van der Waals surface area contributed by atoms with E-state index in [-0.39, 0.29) is 11.6 Å². The molecule has 1 aliphatic rings. The fourth-order valence-electron chi connectivity index (χ4n) is 3.34. The number of cyclic esters (lactones) is 1. The Morgan fingerprint density at radius 2 is 1.70 bits per heavy atom. The predicted octanol–water partition coefficient (Wildman–Crippen LogP) is 6.32. The Kier molecular flexibility index (Phi) is 6.91. The van der Waals surface area contributed by atoms with Gasteiger partial charge in [-0.05, 0) is 54.0 Å². The highest BCUT2D eigenvalue weighted by molar-refractivity contribution is 6.32. The number of benzene rings is 3. The number of hydrogen-bond donors (Lipinski definition) is 0. The zero-order valence-corrected chi connectivity index (χ0v) is 18.8. The summed E-state index contributed by atoms with van der Waals surface area (Å²) in [6.07, 6.45) is 3.23. The first-order valence-corrected chi connectivity index (χ1v) is 10.8. The van der Waals surface area contributed by atoms with Crippen molar-refractivity contribution in [2.75, 3.05) is 13.2 Å². The van der Waals surface area contributed by atoms with Crippen molar-refractivity contribution >= 4 is 29.5 Å². The number of aliphatic imine (C=N–C) groups is 1. The first-order valence-electron chi connectivity index (χ1n) is 10.5. The van der Waals surface area contributed by atoms with Crippen molar-refractivity contribution in [1.29, 1.82) is 0 Å². The van der Waals surface area contributed by atoms with Crippen molar-refractivity contribution in [3.8, 4) is 22.6 Å². The maximum atomic E-state index is 12.4. The van der Waals surface area contributed by atoms with Crippen LogP contribution in [0, 0.1) is 0 Å². The third kappa shape index (κ3) is 5.16. The summed E-state index contributed by atoms with van der Waals surface area (Å²) in [6, 6.07) is 21.2. The Morgan fingerprint density at radius 3 is 2.39 bits per heavy atom. The normalized spacial score (nSPS) is 14.1. The van der Waals surface area contributed by atoms with Crippen LogP contribution in [0.1, 0.15) is 18.1 Å². The zero-order valence-electron chi connectivity index (χ0n) is 18.1. The first kappa shape index (κ1) is 22.4. The quantitative estimate of drug-likeness (QED) is 0.225. The zero-order chi connectivity index (χ0) is 23.2. The van der Waals surface area contributed by atoms with Crippen LogP contribution in [0.2, 0.25) is 5.02 Å². The van der Waals surface area contributed by atoms with Crippen molar-refractivity contribution in [3.63, 3.8) is 0 Å². The standard InChI is InChI=1S/C27H22ClNO4/c1-3-14-32-25-22(28)15-18(17-24(25)31-4-2)16-23-27(30)33-26(29-23)21-12-10-20(11-13-21)19-8-6-5-7-9-19/h3,5-13,15-17H,1,4,14H2,2H3/b23-16-. The highest BCUT2D eigenvalue weighted by Gasteiger charge is 2.24. The van der Waals surface area contributed by atoms with Gasteiger partial charge in [0.15, 0.2) is 17.2 Å². The fraction of sp³-hybridized carbons (Fsp3) is 0.111. The van der Waals surface area contributed by atoms with E-state index in [2.05, 4.69) is 11.6 Å². The average Bonchev–Trinajstić information content (AvgIpc) is 3.19. The van der Waals surface area contributed by atoms with Gasteiger partial charge >= 0.3 is 5.97 Å². The molecule has 0 amide bonds. The summed E-state index contributed by atoms with van der Waals surface area (Å²) in [5, 5.41) is 0.363. The van der Waals surface area contributed by atoms with Crippen molar-refractivity contribution in [1.82, 2.24) is 0 Å². The van der Waals surface area contributed by atoms with Crippen LogP contribution in [-0.4, -0.2) is 25.1 Å². The number of esters is 1. The summed E-state index contributed by atoms with van der Waals surface area (Å²) in [5.74, 6) is 0.633. The monoisotopic (exact) mass is 459 g/mol. The molecule has 6 heteroatoms. The summed E-state index contributed by atoms with van der Waals surface area (Å²) in [6.45, 7) is 6.24. The summed E-state index contributed by atoms with van der Waals surface area (Å²) in [7, 11) is 0. The van der Waals surface area contributed by atoms with Crippen LogP contribution in [0.5, 0.6) is 11.5 Å². The molecule has 0 spiro atoms. The highest BCUT2D eigenvalue weighted by Crippen LogP contribution is 2.37. The molecule has 5 nitrogen and oxygen atoms in total. The van der Waals surface area contributed by atoms with Gasteiger partial charge in [0.1, 0.15) is 6.61 Å². The number of nitrogens with zero attached hydrogens (tertiary/aromatic N) is 1. The molecule has 0 bridgehead atoms. The van der Waals surface area contributed by atoms with Crippen LogP contribution in [0.15, 0.2) is 90.1 Å². The molecule has 0 radical (unpaired) electrons. The molecule has 166 valence electrons. The van der Waals surface area contributed by atoms with Gasteiger partial charge < -0.3 is 14.2 Å².